The fraction of sp³-hybridized carbons (Fsp3) is 0.520. The normalized spacial score (nSPS) is 30.6. The lowest BCUT2D eigenvalue weighted by atomic mass is 9.47. The quantitative estimate of drug-likeness (QED) is 0.415. The first kappa shape index (κ1) is 23.6. The molecule has 5 N–H and O–H groups in total. The number of aromatic nitrogens is 1. The summed E-state index contributed by atoms with van der Waals surface area (Å²) < 4.78 is 0. The molecule has 0 aliphatic heterocycles. The number of carbonyl (C=O) groups excluding carboxylic acids is 1. The van der Waals surface area contributed by atoms with E-state index in [2.05, 4.69) is 23.5 Å². The largest absolute Gasteiger partial charge is 0.508 e. The van der Waals surface area contributed by atoms with Crippen molar-refractivity contribution in [2.24, 2.45) is 16.7 Å². The number of aromatic hydroxyl groups is 1. The van der Waals surface area contributed by atoms with Gasteiger partial charge in [0.1, 0.15) is 5.75 Å². The lowest BCUT2D eigenvalue weighted by Crippen LogP contribution is -2.57. The molecule has 5 unspecified atom stereocenters. The molecule has 1 fully saturated rings. The third-order valence-electron chi connectivity index (χ3n) is 7.77. The molecule has 4 rings (SSSR count). The van der Waals surface area contributed by atoms with Gasteiger partial charge in [0, 0.05) is 34.4 Å². The highest BCUT2D eigenvalue weighted by molar-refractivity contribution is 7.15. The van der Waals surface area contributed by atoms with Gasteiger partial charge in [0.25, 0.3) is 0 Å². The van der Waals surface area contributed by atoms with Crippen molar-refractivity contribution in [3.05, 3.63) is 34.8 Å². The minimum atomic E-state index is -0.666. The zero-order valence-corrected chi connectivity index (χ0v) is 19.8. The summed E-state index contributed by atoms with van der Waals surface area (Å²) in [6, 6.07) is 6.85. The first-order chi connectivity index (χ1) is 15.7. The number of aliphatic hydroxyl groups is 2. The zero-order chi connectivity index (χ0) is 23.8. The second-order valence-corrected chi connectivity index (χ2v) is 10.8. The third-order valence-corrected chi connectivity index (χ3v) is 8.78. The third kappa shape index (κ3) is 4.21. The SMILES string of the molecule is C#CCNC(=O)CC1c2nc(Nc3cccc(O)c3)sc2CC2C(C)(CO)C(O)CCC12C. The van der Waals surface area contributed by atoms with Gasteiger partial charge in [-0.25, -0.2) is 4.98 Å². The van der Waals surface area contributed by atoms with Crippen LogP contribution in [0.2, 0.25) is 0 Å². The van der Waals surface area contributed by atoms with Crippen molar-refractivity contribution in [2.75, 3.05) is 18.5 Å². The molecular weight excluding hydrogens is 438 g/mol. The molecule has 1 saturated carbocycles. The Hall–Kier alpha value is -2.60. The maximum Gasteiger partial charge on any atom is 0.221 e. The summed E-state index contributed by atoms with van der Waals surface area (Å²) in [5.41, 5.74) is 0.645. The summed E-state index contributed by atoms with van der Waals surface area (Å²) in [4.78, 5) is 18.7. The van der Waals surface area contributed by atoms with Crippen LogP contribution in [0.3, 0.4) is 0 Å². The van der Waals surface area contributed by atoms with Crippen LogP contribution in [0.25, 0.3) is 0 Å². The number of hydrogen-bond donors (Lipinski definition) is 5. The van der Waals surface area contributed by atoms with Gasteiger partial charge in [-0.1, -0.05) is 25.8 Å². The highest BCUT2D eigenvalue weighted by Gasteiger charge is 2.59. The predicted molar refractivity (Wildman–Crippen MR) is 128 cm³/mol. The van der Waals surface area contributed by atoms with Gasteiger partial charge in [0.2, 0.25) is 5.91 Å². The number of nitrogens with zero attached hydrogens (tertiary/aromatic N) is 1. The Balaban J connectivity index is 1.74. The van der Waals surface area contributed by atoms with Gasteiger partial charge in [-0.2, -0.15) is 0 Å². The number of phenolic OH excluding ortho intramolecular Hbond substituents is 1. The number of nitrogens with one attached hydrogen (secondary N) is 2. The van der Waals surface area contributed by atoms with E-state index < -0.39 is 11.5 Å². The molecule has 33 heavy (non-hydrogen) atoms. The van der Waals surface area contributed by atoms with Crippen molar-refractivity contribution in [3.8, 4) is 18.1 Å². The molecular formula is C25H31N3O4S. The van der Waals surface area contributed by atoms with Crippen LogP contribution >= 0.6 is 11.3 Å². The van der Waals surface area contributed by atoms with Gasteiger partial charge < -0.3 is 26.0 Å². The van der Waals surface area contributed by atoms with Crippen molar-refractivity contribution < 1.29 is 20.1 Å². The van der Waals surface area contributed by atoms with Crippen LogP contribution in [0, 0.1) is 29.1 Å². The Bertz CT molecular complexity index is 1080. The molecule has 1 heterocycles. The molecule has 0 bridgehead atoms. The number of terminal acetylenes is 1. The molecule has 8 heteroatoms. The first-order valence-electron chi connectivity index (χ1n) is 11.3. The average molecular weight is 470 g/mol. The topological polar surface area (TPSA) is 115 Å². The second-order valence-electron chi connectivity index (χ2n) is 9.72. The minimum absolute atomic E-state index is 0.00856. The summed E-state index contributed by atoms with van der Waals surface area (Å²) in [7, 11) is 0. The van der Waals surface area contributed by atoms with E-state index in [0.29, 0.717) is 18.0 Å². The molecule has 0 radical (unpaired) electrons. The summed E-state index contributed by atoms with van der Waals surface area (Å²) >= 11 is 1.52. The van der Waals surface area contributed by atoms with Gasteiger partial charge in [0.05, 0.1) is 24.9 Å². The molecule has 0 spiro atoms. The smallest absolute Gasteiger partial charge is 0.221 e. The Kier molecular flexibility index (Phi) is 6.41. The van der Waals surface area contributed by atoms with E-state index >= 15 is 0 Å². The summed E-state index contributed by atoms with van der Waals surface area (Å²) in [5, 5.41) is 37.7. The van der Waals surface area contributed by atoms with E-state index in [-0.39, 0.29) is 48.5 Å². The number of thiazole rings is 1. The van der Waals surface area contributed by atoms with Crippen LogP contribution in [0.1, 0.15) is 49.6 Å². The zero-order valence-electron chi connectivity index (χ0n) is 19.0. The number of fused-ring (bicyclic) bond motifs is 2. The van der Waals surface area contributed by atoms with E-state index in [1.165, 1.54) is 11.3 Å². The average Bonchev–Trinajstić information content (AvgIpc) is 3.18. The Morgan fingerprint density at radius 2 is 2.18 bits per heavy atom. The fourth-order valence-corrected chi connectivity index (χ4v) is 6.90. The molecule has 2 aromatic rings. The van der Waals surface area contributed by atoms with Gasteiger partial charge in [-0.15, -0.1) is 17.8 Å². The molecule has 7 nitrogen and oxygen atoms in total. The van der Waals surface area contributed by atoms with Crippen LogP contribution in [0.5, 0.6) is 5.75 Å². The van der Waals surface area contributed by atoms with Gasteiger partial charge in [0.15, 0.2) is 5.13 Å². The van der Waals surface area contributed by atoms with Gasteiger partial charge >= 0.3 is 0 Å². The highest BCUT2D eigenvalue weighted by Crippen LogP contribution is 2.62. The molecule has 2 aliphatic rings. The second kappa shape index (κ2) is 8.98. The van der Waals surface area contributed by atoms with E-state index in [9.17, 15) is 20.1 Å². The summed E-state index contributed by atoms with van der Waals surface area (Å²) in [6.45, 7) is 4.17. The fourth-order valence-electron chi connectivity index (χ4n) is 5.81. The Labute approximate surface area is 198 Å². The number of rotatable bonds is 6. The molecule has 1 amide bonds. The van der Waals surface area contributed by atoms with E-state index in [1.807, 2.05) is 13.0 Å². The Morgan fingerprint density at radius 1 is 1.39 bits per heavy atom. The van der Waals surface area contributed by atoms with Crippen molar-refractivity contribution in [1.29, 1.82) is 0 Å². The lowest BCUT2D eigenvalue weighted by Gasteiger charge is -2.58. The molecule has 2 aliphatic carbocycles. The maximum atomic E-state index is 12.8. The molecule has 5 atom stereocenters. The number of phenols is 1. The van der Waals surface area contributed by atoms with Crippen LogP contribution in [0.4, 0.5) is 10.8 Å². The molecule has 1 aromatic heterocycles. The highest BCUT2D eigenvalue weighted by atomic mass is 32.1. The van der Waals surface area contributed by atoms with Crippen LogP contribution in [-0.4, -0.2) is 45.5 Å². The van der Waals surface area contributed by atoms with E-state index in [0.717, 1.165) is 22.7 Å². The molecule has 0 saturated heterocycles. The van der Waals surface area contributed by atoms with Crippen LogP contribution in [0.15, 0.2) is 24.3 Å². The van der Waals surface area contributed by atoms with Crippen molar-refractivity contribution in [1.82, 2.24) is 10.3 Å². The van der Waals surface area contributed by atoms with Crippen molar-refractivity contribution in [3.63, 3.8) is 0 Å². The summed E-state index contributed by atoms with van der Waals surface area (Å²) in [6.07, 6.45) is 6.96. The number of amides is 1. The van der Waals surface area contributed by atoms with Crippen LogP contribution in [-0.2, 0) is 11.2 Å². The molecule has 1 aromatic carbocycles. The van der Waals surface area contributed by atoms with Crippen LogP contribution < -0.4 is 10.6 Å². The van der Waals surface area contributed by atoms with Gasteiger partial charge in [-0.3, -0.25) is 4.79 Å². The van der Waals surface area contributed by atoms with E-state index in [1.54, 1.807) is 18.2 Å². The number of aliphatic hydroxyl groups excluding tert-OH is 2. The van der Waals surface area contributed by atoms with Gasteiger partial charge in [-0.05, 0) is 42.7 Å². The number of benzene rings is 1. The number of anilines is 2. The standard InChI is InChI=1S/C25H31N3O4S/c1-4-10-26-21(32)12-17-22-18(33-23(28-22)27-15-6-5-7-16(30)11-15)13-19-24(17,2)9-8-20(31)25(19,3)14-29/h1,5-7,11,17,19-20,29-31H,8-10,12-14H2,2-3H3,(H,26,32)(H,27,28). The molecule has 176 valence electrons. The van der Waals surface area contributed by atoms with Crippen molar-refractivity contribution >= 4 is 28.1 Å². The van der Waals surface area contributed by atoms with Crippen molar-refractivity contribution in [2.45, 2.75) is 51.6 Å². The maximum absolute atomic E-state index is 12.8. The first-order valence-corrected chi connectivity index (χ1v) is 12.1. The Morgan fingerprint density at radius 3 is 2.88 bits per heavy atom. The number of carbonyl (C=O) groups is 1. The predicted octanol–water partition coefficient (Wildman–Crippen LogP) is 3.15. The minimum Gasteiger partial charge on any atom is -0.508 e. The summed E-state index contributed by atoms with van der Waals surface area (Å²) in [5.74, 6) is 2.30. The monoisotopic (exact) mass is 469 g/mol. The lowest BCUT2D eigenvalue weighted by molar-refractivity contribution is -0.144. The number of hydrogen-bond acceptors (Lipinski definition) is 7. The van der Waals surface area contributed by atoms with E-state index in [4.69, 9.17) is 11.4 Å².